The molecule has 2 heterocycles. The third-order valence-corrected chi connectivity index (χ3v) is 13.9. The lowest BCUT2D eigenvalue weighted by molar-refractivity contribution is -0.359. The second-order valence-electron chi connectivity index (χ2n) is 21.1. The highest BCUT2D eigenvalue weighted by Crippen LogP contribution is 2.30. The minimum Gasteiger partial charge on any atom is -0.394 e. The summed E-state index contributed by atoms with van der Waals surface area (Å²) in [6, 6.07) is -0.957. The average molecular weight is 1160 g/mol. The predicted octanol–water partition coefficient (Wildman–Crippen LogP) is 11.5. The molecule has 468 valence electrons. The van der Waals surface area contributed by atoms with Crippen LogP contribution in [0.15, 0.2) is 158 Å². The Morgan fingerprint density at radius 3 is 1.33 bits per heavy atom. The fraction of sp³-hybridized carbons (Fsp3) is 0.609. The lowest BCUT2D eigenvalue weighted by atomic mass is 9.97. The van der Waals surface area contributed by atoms with Crippen molar-refractivity contribution in [1.29, 1.82) is 0 Å². The van der Waals surface area contributed by atoms with Crippen molar-refractivity contribution in [3.05, 3.63) is 158 Å². The van der Waals surface area contributed by atoms with Gasteiger partial charge < -0.3 is 65.1 Å². The standard InChI is InChI=1S/C69H109NO13/c1-3-5-7-9-11-13-15-17-18-19-20-21-22-23-24-25-26-27-28-29-30-31-32-33-34-35-36-37-38-39-40-41-43-45-47-49-51-53-61(74)70-57(58(73)52-50-48-46-44-42-16-14-12-10-8-6-4-2)56-80-68-66(79)64(77)67(60(55-72)82-68)83-69-65(78)63(76)62(75)59(54-71)81-69/h5,7,10-13,17-18,20-21,23-24,26-27,29-30,32-33,35-36,38-39,42,44,50,52,57-60,62-69,71-73,75-79H,3-4,6,8-9,14-16,19,22,25,28,31,34,37,40-41,43,45-49,51,53-56H2,1-2H3,(H,70,74)/b7-5-,12-10+,13-11-,18-17-,21-20-,24-23-,27-26-,30-29-,33-32-,36-35-,39-38-,44-42+,52-50+. The lowest BCUT2D eigenvalue weighted by Gasteiger charge is -2.46. The van der Waals surface area contributed by atoms with Crippen LogP contribution < -0.4 is 5.32 Å². The second kappa shape index (κ2) is 52.0. The van der Waals surface area contributed by atoms with E-state index >= 15 is 0 Å². The first-order valence-corrected chi connectivity index (χ1v) is 31.2. The minimum atomic E-state index is -1.80. The minimum absolute atomic E-state index is 0.241. The van der Waals surface area contributed by atoms with Crippen LogP contribution in [0.1, 0.15) is 174 Å². The van der Waals surface area contributed by atoms with E-state index in [9.17, 15) is 45.6 Å². The molecule has 0 bridgehead atoms. The molecule has 2 fully saturated rings. The SMILES string of the molecule is CC/C=C\C/C=C\C/C=C\C/C=C\C/C=C\C/C=C\C/C=C\C/C=C\C/C=C\C/C=C\CCCCCCCCC(=O)NC(COC1OC(CO)C(OC2OC(CO)C(O)C(O)C2O)C(O)C1O)C(O)/C=C/CC/C=C/CC/C=C/CCCC. The van der Waals surface area contributed by atoms with E-state index in [1.54, 1.807) is 6.08 Å². The first-order valence-electron chi connectivity index (χ1n) is 31.2. The molecule has 9 N–H and O–H groups in total. The van der Waals surface area contributed by atoms with Crippen molar-refractivity contribution in [3.63, 3.8) is 0 Å². The first-order chi connectivity index (χ1) is 40.6. The van der Waals surface area contributed by atoms with E-state index in [0.717, 1.165) is 128 Å². The molecule has 14 nitrogen and oxygen atoms in total. The van der Waals surface area contributed by atoms with E-state index in [1.165, 1.54) is 12.8 Å². The summed E-state index contributed by atoms with van der Waals surface area (Å²) in [5, 5.41) is 86.9. The number of aliphatic hydroxyl groups is 8. The van der Waals surface area contributed by atoms with Gasteiger partial charge in [-0.15, -0.1) is 0 Å². The molecule has 0 aromatic carbocycles. The quantitative estimate of drug-likeness (QED) is 0.0204. The summed E-state index contributed by atoms with van der Waals surface area (Å²) >= 11 is 0. The Bertz CT molecular complexity index is 2000. The number of ether oxygens (including phenoxy) is 4. The molecule has 2 rings (SSSR count). The Labute approximate surface area is 499 Å². The molecule has 0 aromatic rings. The van der Waals surface area contributed by atoms with Crippen LogP contribution in [0.4, 0.5) is 0 Å². The van der Waals surface area contributed by atoms with Crippen molar-refractivity contribution in [1.82, 2.24) is 5.32 Å². The number of nitrogens with one attached hydrogen (secondary N) is 1. The van der Waals surface area contributed by atoms with Gasteiger partial charge >= 0.3 is 0 Å². The molecule has 0 saturated carbocycles. The number of carbonyl (C=O) groups is 1. The molecule has 12 atom stereocenters. The molecular weight excluding hydrogens is 1050 g/mol. The van der Waals surface area contributed by atoms with Gasteiger partial charge in [0.15, 0.2) is 12.6 Å². The Balaban J connectivity index is 1.67. The molecule has 0 radical (unpaired) electrons. The summed E-state index contributed by atoms with van der Waals surface area (Å²) < 4.78 is 22.7. The maximum absolute atomic E-state index is 13.2. The predicted molar refractivity (Wildman–Crippen MR) is 336 cm³/mol. The molecule has 2 aliphatic heterocycles. The van der Waals surface area contributed by atoms with Gasteiger partial charge in [-0.25, -0.2) is 0 Å². The van der Waals surface area contributed by atoms with Crippen LogP contribution in [0.25, 0.3) is 0 Å². The lowest BCUT2D eigenvalue weighted by Crippen LogP contribution is -2.65. The first kappa shape index (κ1) is 74.7. The third-order valence-electron chi connectivity index (χ3n) is 13.9. The van der Waals surface area contributed by atoms with Gasteiger partial charge in [-0.2, -0.15) is 0 Å². The molecule has 2 aliphatic rings. The third kappa shape index (κ3) is 36.9. The normalized spacial score (nSPS) is 24.9. The van der Waals surface area contributed by atoms with E-state index in [-0.39, 0.29) is 18.9 Å². The van der Waals surface area contributed by atoms with Gasteiger partial charge in [0.05, 0.1) is 32.0 Å². The molecule has 0 aliphatic carbocycles. The smallest absolute Gasteiger partial charge is 0.220 e. The van der Waals surface area contributed by atoms with Crippen LogP contribution in [-0.2, 0) is 23.7 Å². The van der Waals surface area contributed by atoms with E-state index in [0.29, 0.717) is 12.8 Å². The Hall–Kier alpha value is -4.39. The van der Waals surface area contributed by atoms with E-state index in [1.807, 2.05) is 6.08 Å². The van der Waals surface area contributed by atoms with Crippen LogP contribution in [0.5, 0.6) is 0 Å². The zero-order valence-corrected chi connectivity index (χ0v) is 50.4. The molecule has 1 amide bonds. The van der Waals surface area contributed by atoms with E-state index in [4.69, 9.17) is 18.9 Å². The van der Waals surface area contributed by atoms with Crippen molar-refractivity contribution in [2.45, 2.75) is 248 Å². The van der Waals surface area contributed by atoms with Gasteiger partial charge in [0, 0.05) is 6.42 Å². The van der Waals surface area contributed by atoms with Gasteiger partial charge in [0.25, 0.3) is 0 Å². The molecule has 12 unspecified atom stereocenters. The van der Waals surface area contributed by atoms with Crippen LogP contribution in [0, 0.1) is 0 Å². The van der Waals surface area contributed by atoms with Crippen LogP contribution >= 0.6 is 0 Å². The summed E-state index contributed by atoms with van der Waals surface area (Å²) in [5.41, 5.74) is 0. The Kier molecular flexibility index (Phi) is 46.8. The van der Waals surface area contributed by atoms with Crippen molar-refractivity contribution in [3.8, 4) is 0 Å². The molecular formula is C69H109NO13. The molecule has 2 saturated heterocycles. The summed E-state index contributed by atoms with van der Waals surface area (Å²) in [4.78, 5) is 13.2. The van der Waals surface area contributed by atoms with E-state index < -0.39 is 86.8 Å². The van der Waals surface area contributed by atoms with Gasteiger partial charge in [-0.3, -0.25) is 4.79 Å². The maximum Gasteiger partial charge on any atom is 0.220 e. The molecule has 0 spiro atoms. The molecule has 83 heavy (non-hydrogen) atoms. The number of unbranched alkanes of at least 4 members (excludes halogenated alkanes) is 10. The van der Waals surface area contributed by atoms with Crippen molar-refractivity contribution in [2.75, 3.05) is 19.8 Å². The highest BCUT2D eigenvalue weighted by atomic mass is 16.7. The summed E-state index contributed by atoms with van der Waals surface area (Å²) in [5.74, 6) is -0.278. The fourth-order valence-electron chi connectivity index (χ4n) is 8.92. The maximum atomic E-state index is 13.2. The van der Waals surface area contributed by atoms with Gasteiger partial charge in [0.2, 0.25) is 5.91 Å². The highest BCUT2D eigenvalue weighted by molar-refractivity contribution is 5.76. The van der Waals surface area contributed by atoms with Crippen LogP contribution in [-0.4, -0.2) is 140 Å². The Morgan fingerprint density at radius 2 is 0.843 bits per heavy atom. The molecule has 14 heteroatoms. The number of rotatable bonds is 47. The van der Waals surface area contributed by atoms with Crippen molar-refractivity contribution < 1.29 is 64.6 Å². The number of carbonyl (C=O) groups excluding carboxylic acids is 1. The zero-order valence-electron chi connectivity index (χ0n) is 50.4. The van der Waals surface area contributed by atoms with Crippen molar-refractivity contribution >= 4 is 5.91 Å². The number of hydrogen-bond donors (Lipinski definition) is 9. The Morgan fingerprint density at radius 1 is 0.446 bits per heavy atom. The number of amides is 1. The number of hydrogen-bond acceptors (Lipinski definition) is 13. The second-order valence-corrected chi connectivity index (χ2v) is 21.1. The van der Waals surface area contributed by atoms with Gasteiger partial charge in [-0.05, 0) is 116 Å². The molecule has 0 aromatic heterocycles. The summed E-state index contributed by atoms with van der Waals surface area (Å²) in [6.45, 7) is 2.56. The summed E-state index contributed by atoms with van der Waals surface area (Å²) in [6.07, 6.45) is 63.0. The fourth-order valence-corrected chi connectivity index (χ4v) is 8.92. The van der Waals surface area contributed by atoms with Crippen LogP contribution in [0.2, 0.25) is 0 Å². The van der Waals surface area contributed by atoms with E-state index in [2.05, 4.69) is 165 Å². The van der Waals surface area contributed by atoms with Gasteiger partial charge in [0.1, 0.15) is 48.8 Å². The van der Waals surface area contributed by atoms with Crippen molar-refractivity contribution in [2.24, 2.45) is 0 Å². The zero-order chi connectivity index (χ0) is 60.2. The number of allylic oxidation sites excluding steroid dienone is 25. The van der Waals surface area contributed by atoms with Gasteiger partial charge in [-0.1, -0.05) is 210 Å². The number of aliphatic hydroxyl groups excluding tert-OH is 8. The topological polar surface area (TPSA) is 228 Å². The largest absolute Gasteiger partial charge is 0.394 e. The summed E-state index contributed by atoms with van der Waals surface area (Å²) in [7, 11) is 0. The highest BCUT2D eigenvalue weighted by Gasteiger charge is 2.51. The van der Waals surface area contributed by atoms with Crippen LogP contribution in [0.3, 0.4) is 0 Å². The average Bonchev–Trinajstić information content (AvgIpc) is 3.58. The monoisotopic (exact) mass is 1160 g/mol.